The Balaban J connectivity index is 1.35. The number of carboxylic acid groups (broad SMARTS) is 1. The number of unbranched alkanes of at least 4 members (excludes halogenated alkanes) is 1. The largest absolute Gasteiger partial charge is 0.480 e. The van der Waals surface area contributed by atoms with Crippen molar-refractivity contribution in [3.63, 3.8) is 0 Å². The number of carboxylic acids is 1. The van der Waals surface area contributed by atoms with E-state index < -0.39 is 12.0 Å². The lowest BCUT2D eigenvalue weighted by atomic mass is 9.44. The lowest BCUT2D eigenvalue weighted by molar-refractivity contribution is -0.172. The summed E-state index contributed by atoms with van der Waals surface area (Å²) in [6.07, 6.45) is 11.9. The standard InChI is InChI=1S/C28H49NO4/c1-17(2)25(26(32)33)29-14-6-5-7-18-8-9-21-24-22(11-13-27(18,21)3)28(4)12-10-20(30)15-19(28)16-23(24)31/h17-25,29-31H,5-16H2,1-4H3,(H,32,33)/t18-,19-,20+,21-,22-,23-,24-,25-,27+,28-/m0/s1. The first-order valence-electron chi connectivity index (χ1n) is 13.9. The second kappa shape index (κ2) is 9.78. The van der Waals surface area contributed by atoms with E-state index in [9.17, 15) is 20.1 Å². The number of fused-ring (bicyclic) bond motifs is 5. The fourth-order valence-corrected chi connectivity index (χ4v) is 9.16. The van der Waals surface area contributed by atoms with Gasteiger partial charge >= 0.3 is 5.97 Å². The maximum atomic E-state index is 11.4. The average Bonchev–Trinajstić information content (AvgIpc) is 3.07. The van der Waals surface area contributed by atoms with Gasteiger partial charge in [-0.15, -0.1) is 0 Å². The Morgan fingerprint density at radius 1 is 0.970 bits per heavy atom. The summed E-state index contributed by atoms with van der Waals surface area (Å²) >= 11 is 0. The van der Waals surface area contributed by atoms with Crippen molar-refractivity contribution in [3.8, 4) is 0 Å². The van der Waals surface area contributed by atoms with Gasteiger partial charge in [0.1, 0.15) is 6.04 Å². The predicted octanol–water partition coefficient (Wildman–Crippen LogP) is 4.85. The van der Waals surface area contributed by atoms with Crippen LogP contribution in [0.1, 0.15) is 98.3 Å². The zero-order valence-corrected chi connectivity index (χ0v) is 21.4. The molecule has 4 aliphatic rings. The number of aliphatic hydroxyl groups is 2. The van der Waals surface area contributed by atoms with Crippen LogP contribution < -0.4 is 5.32 Å². The zero-order chi connectivity index (χ0) is 24.0. The molecular formula is C28H49NO4. The highest BCUT2D eigenvalue weighted by atomic mass is 16.4. The molecule has 0 aromatic carbocycles. The summed E-state index contributed by atoms with van der Waals surface area (Å²) in [6, 6.07) is -0.451. The van der Waals surface area contributed by atoms with Gasteiger partial charge in [-0.1, -0.05) is 34.1 Å². The van der Waals surface area contributed by atoms with Crippen molar-refractivity contribution in [2.24, 2.45) is 46.3 Å². The minimum absolute atomic E-state index is 0.1000. The first kappa shape index (κ1) is 25.4. The van der Waals surface area contributed by atoms with E-state index in [0.717, 1.165) is 51.0 Å². The Hall–Kier alpha value is -0.650. The van der Waals surface area contributed by atoms with Gasteiger partial charge in [-0.25, -0.2) is 0 Å². The molecular weight excluding hydrogens is 414 g/mol. The first-order chi connectivity index (χ1) is 15.6. The third-order valence-corrected chi connectivity index (χ3v) is 11.1. The van der Waals surface area contributed by atoms with Crippen molar-refractivity contribution in [3.05, 3.63) is 0 Å². The van der Waals surface area contributed by atoms with Crippen LogP contribution in [0.15, 0.2) is 0 Å². The van der Waals surface area contributed by atoms with Gasteiger partial charge in [-0.3, -0.25) is 4.79 Å². The van der Waals surface area contributed by atoms with E-state index in [1.165, 1.54) is 32.1 Å². The highest BCUT2D eigenvalue weighted by Gasteiger charge is 2.62. The molecule has 33 heavy (non-hydrogen) atoms. The Labute approximate surface area is 201 Å². The number of aliphatic hydroxyl groups excluding tert-OH is 2. The summed E-state index contributed by atoms with van der Waals surface area (Å²) in [6.45, 7) is 9.70. The molecule has 0 aliphatic heterocycles. The summed E-state index contributed by atoms with van der Waals surface area (Å²) in [5.74, 6) is 2.25. The van der Waals surface area contributed by atoms with Gasteiger partial charge in [-0.05, 0) is 117 Å². The van der Waals surface area contributed by atoms with E-state index in [4.69, 9.17) is 0 Å². The van der Waals surface area contributed by atoms with Crippen molar-refractivity contribution in [2.75, 3.05) is 6.54 Å². The maximum absolute atomic E-state index is 11.4. The number of aliphatic carboxylic acids is 1. The minimum Gasteiger partial charge on any atom is -0.480 e. The van der Waals surface area contributed by atoms with Crippen molar-refractivity contribution < 1.29 is 20.1 Å². The Morgan fingerprint density at radius 3 is 2.36 bits per heavy atom. The summed E-state index contributed by atoms with van der Waals surface area (Å²) in [7, 11) is 0. The summed E-state index contributed by atoms with van der Waals surface area (Å²) in [5.41, 5.74) is 0.639. The van der Waals surface area contributed by atoms with Gasteiger partial charge in [0.2, 0.25) is 0 Å². The van der Waals surface area contributed by atoms with Crippen LogP contribution in [-0.4, -0.2) is 46.1 Å². The van der Waals surface area contributed by atoms with Gasteiger partial charge in [0.15, 0.2) is 0 Å². The van der Waals surface area contributed by atoms with Crippen LogP contribution in [0.2, 0.25) is 0 Å². The summed E-state index contributed by atoms with van der Waals surface area (Å²) in [4.78, 5) is 11.4. The molecule has 4 fully saturated rings. The quantitative estimate of drug-likeness (QED) is 0.387. The van der Waals surface area contributed by atoms with Gasteiger partial charge in [-0.2, -0.15) is 0 Å². The number of nitrogens with one attached hydrogen (secondary N) is 1. The molecule has 4 N–H and O–H groups in total. The second-order valence-corrected chi connectivity index (χ2v) is 13.1. The predicted molar refractivity (Wildman–Crippen MR) is 131 cm³/mol. The monoisotopic (exact) mass is 463 g/mol. The van der Waals surface area contributed by atoms with Crippen LogP contribution in [0, 0.1) is 46.3 Å². The molecule has 0 bridgehead atoms. The average molecular weight is 464 g/mol. The second-order valence-electron chi connectivity index (χ2n) is 13.1. The van der Waals surface area contributed by atoms with Crippen LogP contribution in [0.4, 0.5) is 0 Å². The molecule has 0 heterocycles. The zero-order valence-electron chi connectivity index (χ0n) is 21.4. The minimum atomic E-state index is -0.748. The van der Waals surface area contributed by atoms with E-state index in [2.05, 4.69) is 19.2 Å². The molecule has 4 aliphatic carbocycles. The van der Waals surface area contributed by atoms with E-state index >= 15 is 0 Å². The molecule has 10 atom stereocenters. The number of hydrogen-bond acceptors (Lipinski definition) is 4. The number of carbonyl (C=O) groups is 1. The molecule has 0 aromatic heterocycles. The molecule has 5 heteroatoms. The summed E-state index contributed by atoms with van der Waals surface area (Å²) < 4.78 is 0. The third kappa shape index (κ3) is 4.63. The molecule has 0 amide bonds. The van der Waals surface area contributed by atoms with E-state index in [1.807, 2.05) is 13.8 Å². The molecule has 0 unspecified atom stereocenters. The highest BCUT2D eigenvalue weighted by molar-refractivity contribution is 5.73. The normalized spacial score (nSPS) is 45.8. The van der Waals surface area contributed by atoms with Crippen molar-refractivity contribution >= 4 is 5.97 Å². The van der Waals surface area contributed by atoms with Crippen molar-refractivity contribution in [2.45, 2.75) is 117 Å². The SMILES string of the molecule is CC(C)[C@H](NCCCC[C@H]1CC[C@H]2[C@@H]3[C@@H](O)C[C@@H]4C[C@H](O)CC[C@]4(C)[C@H]3CC[C@]12C)C(=O)O. The fraction of sp³-hybridized carbons (Fsp3) is 0.964. The molecule has 0 saturated heterocycles. The topological polar surface area (TPSA) is 89.8 Å². The van der Waals surface area contributed by atoms with Crippen molar-refractivity contribution in [1.82, 2.24) is 5.32 Å². The van der Waals surface area contributed by atoms with E-state index in [1.54, 1.807) is 0 Å². The maximum Gasteiger partial charge on any atom is 0.320 e. The van der Waals surface area contributed by atoms with E-state index in [0.29, 0.717) is 34.5 Å². The van der Waals surface area contributed by atoms with Crippen LogP contribution in [0.3, 0.4) is 0 Å². The number of hydrogen-bond donors (Lipinski definition) is 4. The Morgan fingerprint density at radius 2 is 1.67 bits per heavy atom. The third-order valence-electron chi connectivity index (χ3n) is 11.1. The fourth-order valence-electron chi connectivity index (χ4n) is 9.16. The van der Waals surface area contributed by atoms with Crippen LogP contribution in [-0.2, 0) is 4.79 Å². The lowest BCUT2D eigenvalue weighted by Gasteiger charge is -2.62. The van der Waals surface area contributed by atoms with Crippen molar-refractivity contribution in [1.29, 1.82) is 0 Å². The highest BCUT2D eigenvalue weighted by Crippen LogP contribution is 2.67. The molecule has 0 aromatic rings. The smallest absolute Gasteiger partial charge is 0.320 e. The van der Waals surface area contributed by atoms with E-state index in [-0.39, 0.29) is 18.1 Å². The molecule has 4 saturated carbocycles. The molecule has 5 nitrogen and oxygen atoms in total. The van der Waals surface area contributed by atoms with Gasteiger partial charge in [0.05, 0.1) is 12.2 Å². The van der Waals surface area contributed by atoms with Crippen LogP contribution in [0.5, 0.6) is 0 Å². The summed E-state index contributed by atoms with van der Waals surface area (Å²) in [5, 5.41) is 34.2. The Kier molecular flexibility index (Phi) is 7.54. The molecule has 0 radical (unpaired) electrons. The molecule has 4 rings (SSSR count). The van der Waals surface area contributed by atoms with Crippen LogP contribution >= 0.6 is 0 Å². The van der Waals surface area contributed by atoms with Gasteiger partial charge in [0, 0.05) is 0 Å². The number of rotatable bonds is 8. The first-order valence-corrected chi connectivity index (χ1v) is 13.9. The van der Waals surface area contributed by atoms with Gasteiger partial charge < -0.3 is 20.6 Å². The van der Waals surface area contributed by atoms with Gasteiger partial charge in [0.25, 0.3) is 0 Å². The lowest BCUT2D eigenvalue weighted by Crippen LogP contribution is -2.58. The molecule has 190 valence electrons. The molecule has 0 spiro atoms. The van der Waals surface area contributed by atoms with Crippen LogP contribution in [0.25, 0.3) is 0 Å². The Bertz CT molecular complexity index is 697.